The van der Waals surface area contributed by atoms with E-state index < -0.39 is 15.9 Å². The number of anilines is 2. The van der Waals surface area contributed by atoms with Gasteiger partial charge in [-0.15, -0.1) is 10.2 Å². The van der Waals surface area contributed by atoms with Crippen LogP contribution in [0.3, 0.4) is 0 Å². The van der Waals surface area contributed by atoms with Crippen molar-refractivity contribution in [3.05, 3.63) is 89.5 Å². The largest absolute Gasteiger partial charge is 0.494 e. The Labute approximate surface area is 212 Å². The summed E-state index contributed by atoms with van der Waals surface area (Å²) in [6, 6.07) is 18.8. The van der Waals surface area contributed by atoms with E-state index in [-0.39, 0.29) is 28.2 Å². The number of benzene rings is 2. The summed E-state index contributed by atoms with van der Waals surface area (Å²) >= 11 is 5.66. The third kappa shape index (κ3) is 6.52. The molecule has 10 nitrogen and oxygen atoms in total. The van der Waals surface area contributed by atoms with E-state index >= 15 is 0 Å². The van der Waals surface area contributed by atoms with Crippen LogP contribution in [0.1, 0.15) is 23.2 Å². The molecule has 186 valence electrons. The van der Waals surface area contributed by atoms with Gasteiger partial charge in [0.2, 0.25) is 0 Å². The van der Waals surface area contributed by atoms with E-state index in [1.165, 1.54) is 42.5 Å². The van der Waals surface area contributed by atoms with Gasteiger partial charge in [-0.25, -0.2) is 8.42 Å². The highest BCUT2D eigenvalue weighted by Crippen LogP contribution is 2.21. The third-order valence-corrected chi connectivity index (χ3v) is 6.27. The number of furan rings is 1. The van der Waals surface area contributed by atoms with Gasteiger partial charge in [-0.05, 0) is 79.7 Å². The Hall–Kier alpha value is -4.09. The quantitative estimate of drug-likeness (QED) is 0.301. The number of nitrogens with zero attached hydrogens (tertiary/aromatic N) is 2. The first-order valence-electron chi connectivity index (χ1n) is 10.7. The lowest BCUT2D eigenvalue weighted by molar-refractivity contribution is 0.0992. The molecule has 0 fully saturated rings. The number of ether oxygens (including phenoxy) is 2. The molecule has 2 N–H and O–H groups in total. The van der Waals surface area contributed by atoms with Crippen LogP contribution in [0.15, 0.2) is 82.1 Å². The molecule has 4 rings (SSSR count). The third-order valence-electron chi connectivity index (χ3n) is 4.69. The molecule has 0 aliphatic rings. The maximum Gasteiger partial charge on any atom is 0.291 e. The van der Waals surface area contributed by atoms with Crippen LogP contribution >= 0.6 is 11.6 Å². The van der Waals surface area contributed by atoms with Crippen molar-refractivity contribution in [1.29, 1.82) is 0 Å². The number of halogens is 1. The molecule has 0 unspecified atom stereocenters. The zero-order valence-corrected chi connectivity index (χ0v) is 20.5. The van der Waals surface area contributed by atoms with Gasteiger partial charge in [-0.1, -0.05) is 11.6 Å². The Morgan fingerprint density at radius 2 is 1.61 bits per heavy atom. The average molecular weight is 529 g/mol. The topological polar surface area (TPSA) is 133 Å². The van der Waals surface area contributed by atoms with Crippen molar-refractivity contribution >= 4 is 39.0 Å². The van der Waals surface area contributed by atoms with E-state index in [1.54, 1.807) is 30.3 Å². The second-order valence-corrected chi connectivity index (χ2v) is 9.35. The first-order valence-corrected chi connectivity index (χ1v) is 12.6. The van der Waals surface area contributed by atoms with Crippen molar-refractivity contribution in [1.82, 2.24) is 10.2 Å². The number of amides is 1. The Morgan fingerprint density at radius 3 is 2.25 bits per heavy atom. The van der Waals surface area contributed by atoms with E-state index in [1.807, 2.05) is 6.92 Å². The highest BCUT2D eigenvalue weighted by molar-refractivity contribution is 7.92. The molecule has 0 aliphatic carbocycles. The molecule has 36 heavy (non-hydrogen) atoms. The summed E-state index contributed by atoms with van der Waals surface area (Å²) < 4.78 is 44.0. The van der Waals surface area contributed by atoms with E-state index in [9.17, 15) is 13.2 Å². The first kappa shape index (κ1) is 25.0. The molecule has 2 heterocycles. The van der Waals surface area contributed by atoms with Crippen LogP contribution < -0.4 is 19.5 Å². The zero-order valence-electron chi connectivity index (χ0n) is 19.0. The smallest absolute Gasteiger partial charge is 0.291 e. The molecule has 0 saturated carbocycles. The number of hydrogen-bond donors (Lipinski definition) is 2. The summed E-state index contributed by atoms with van der Waals surface area (Å²) in [6.07, 6.45) is 0. The summed E-state index contributed by atoms with van der Waals surface area (Å²) in [7, 11) is -3.90. The van der Waals surface area contributed by atoms with Crippen LogP contribution in [0.25, 0.3) is 0 Å². The number of sulfonamides is 1. The van der Waals surface area contributed by atoms with E-state index in [0.29, 0.717) is 23.8 Å². The second-order valence-electron chi connectivity index (χ2n) is 7.28. The fourth-order valence-corrected chi connectivity index (χ4v) is 4.11. The van der Waals surface area contributed by atoms with Gasteiger partial charge in [0.1, 0.15) is 23.9 Å². The molecule has 2 aromatic carbocycles. The molecule has 0 spiro atoms. The van der Waals surface area contributed by atoms with Gasteiger partial charge >= 0.3 is 0 Å². The second kappa shape index (κ2) is 11.1. The van der Waals surface area contributed by atoms with E-state index in [2.05, 4.69) is 20.2 Å². The van der Waals surface area contributed by atoms with E-state index in [0.717, 1.165) is 5.75 Å². The molecule has 2 aromatic heterocycles. The lowest BCUT2D eigenvalue weighted by atomic mass is 10.3. The average Bonchev–Trinajstić information content (AvgIpc) is 3.35. The molecule has 0 aliphatic heterocycles. The van der Waals surface area contributed by atoms with Crippen molar-refractivity contribution < 1.29 is 27.1 Å². The molecular formula is C24H21ClN4O6S. The Morgan fingerprint density at radius 1 is 0.917 bits per heavy atom. The number of hydrogen-bond acceptors (Lipinski definition) is 8. The van der Waals surface area contributed by atoms with Gasteiger partial charge in [0.15, 0.2) is 16.7 Å². The lowest BCUT2D eigenvalue weighted by Gasteiger charge is -2.08. The minimum atomic E-state index is -3.90. The standard InChI is InChI=1S/C24H21ClN4O6S/c1-2-33-17-5-7-18(8-6-17)34-15-19-9-12-21(35-19)24(30)26-16-3-10-20(11-4-16)36(31,32)29-23-14-13-22(25)27-28-23/h3-14H,2,15H2,1H3,(H,26,30)(H,28,29). The van der Waals surface area contributed by atoms with Gasteiger partial charge < -0.3 is 19.2 Å². The fourth-order valence-electron chi connectivity index (χ4n) is 3.01. The minimum absolute atomic E-state index is 0.0241. The highest BCUT2D eigenvalue weighted by atomic mass is 35.5. The van der Waals surface area contributed by atoms with Crippen molar-refractivity contribution in [2.24, 2.45) is 0 Å². The first-order chi connectivity index (χ1) is 17.3. The van der Waals surface area contributed by atoms with Crippen LogP contribution in [0.2, 0.25) is 5.15 Å². The molecular weight excluding hydrogens is 508 g/mol. The van der Waals surface area contributed by atoms with Gasteiger partial charge in [0.05, 0.1) is 11.5 Å². The summed E-state index contributed by atoms with van der Waals surface area (Å²) in [4.78, 5) is 12.5. The van der Waals surface area contributed by atoms with E-state index in [4.69, 9.17) is 25.5 Å². The van der Waals surface area contributed by atoms with Crippen LogP contribution in [0.4, 0.5) is 11.5 Å². The number of carbonyl (C=O) groups is 1. The predicted molar refractivity (Wildman–Crippen MR) is 133 cm³/mol. The molecule has 4 aromatic rings. The van der Waals surface area contributed by atoms with Gasteiger partial charge in [-0.2, -0.15) is 0 Å². The van der Waals surface area contributed by atoms with Gasteiger partial charge in [-0.3, -0.25) is 9.52 Å². The Bertz CT molecular complexity index is 1420. The maximum atomic E-state index is 12.5. The van der Waals surface area contributed by atoms with Crippen LogP contribution in [-0.2, 0) is 16.6 Å². The molecule has 12 heteroatoms. The number of rotatable bonds is 10. The Balaban J connectivity index is 1.32. The summed E-state index contributed by atoms with van der Waals surface area (Å²) in [5, 5.41) is 10.1. The minimum Gasteiger partial charge on any atom is -0.494 e. The van der Waals surface area contributed by atoms with Crippen molar-refractivity contribution in [3.63, 3.8) is 0 Å². The van der Waals surface area contributed by atoms with Crippen LogP contribution in [0, 0.1) is 0 Å². The Kier molecular flexibility index (Phi) is 7.71. The highest BCUT2D eigenvalue weighted by Gasteiger charge is 2.16. The number of nitrogens with one attached hydrogen (secondary N) is 2. The fraction of sp³-hybridized carbons (Fsp3) is 0.125. The summed E-state index contributed by atoms with van der Waals surface area (Å²) in [5.41, 5.74) is 0.383. The monoisotopic (exact) mass is 528 g/mol. The number of aromatic nitrogens is 2. The zero-order chi connectivity index (χ0) is 25.5. The molecule has 0 radical (unpaired) electrons. The van der Waals surface area contributed by atoms with Crippen LogP contribution in [0.5, 0.6) is 11.5 Å². The SMILES string of the molecule is CCOc1ccc(OCc2ccc(C(=O)Nc3ccc(S(=O)(=O)Nc4ccc(Cl)nn4)cc3)o2)cc1. The molecule has 0 bridgehead atoms. The summed E-state index contributed by atoms with van der Waals surface area (Å²) in [5.74, 6) is 1.46. The maximum absolute atomic E-state index is 12.5. The van der Waals surface area contributed by atoms with Gasteiger partial charge in [0, 0.05) is 5.69 Å². The normalized spacial score (nSPS) is 11.1. The predicted octanol–water partition coefficient (Wildman–Crippen LogP) is 4.75. The molecule has 0 saturated heterocycles. The summed E-state index contributed by atoms with van der Waals surface area (Å²) in [6.45, 7) is 2.63. The molecule has 0 atom stereocenters. The van der Waals surface area contributed by atoms with Crippen molar-refractivity contribution in [2.45, 2.75) is 18.4 Å². The lowest BCUT2D eigenvalue weighted by Crippen LogP contribution is -2.15. The number of carbonyl (C=O) groups excluding carboxylic acids is 1. The van der Waals surface area contributed by atoms with Crippen molar-refractivity contribution in [3.8, 4) is 11.5 Å². The van der Waals surface area contributed by atoms with Gasteiger partial charge in [0.25, 0.3) is 15.9 Å². The van der Waals surface area contributed by atoms with Crippen LogP contribution in [-0.4, -0.2) is 31.1 Å². The molecule has 1 amide bonds. The van der Waals surface area contributed by atoms with Crippen molar-refractivity contribution in [2.75, 3.05) is 16.6 Å².